The monoisotopic (exact) mass is 499 g/mol. The summed E-state index contributed by atoms with van der Waals surface area (Å²) in [7, 11) is 0. The molecule has 192 valence electrons. The Morgan fingerprint density at radius 1 is 0.892 bits per heavy atom. The Hall–Kier alpha value is -4.06. The van der Waals surface area contributed by atoms with Crippen LogP contribution in [0.5, 0.6) is 11.5 Å². The maximum Gasteiger partial charge on any atom is 0.295 e. The molecule has 1 aliphatic rings. The molecule has 1 N–H and O–H groups in total. The topological polar surface area (TPSA) is 76.1 Å². The summed E-state index contributed by atoms with van der Waals surface area (Å²) >= 11 is 0. The van der Waals surface area contributed by atoms with Crippen LogP contribution in [-0.2, 0) is 16.0 Å². The molecule has 1 atom stereocenters. The number of aliphatic hydroxyl groups is 1. The Balaban J connectivity index is 1.74. The van der Waals surface area contributed by atoms with Crippen molar-refractivity contribution in [3.05, 3.63) is 101 Å². The van der Waals surface area contributed by atoms with Crippen molar-refractivity contribution in [1.82, 2.24) is 4.90 Å². The molecular formula is C31H33NO5. The van der Waals surface area contributed by atoms with E-state index in [1.807, 2.05) is 61.5 Å². The van der Waals surface area contributed by atoms with Crippen LogP contribution in [0.25, 0.3) is 5.76 Å². The van der Waals surface area contributed by atoms with Crippen molar-refractivity contribution in [1.29, 1.82) is 0 Å². The van der Waals surface area contributed by atoms with Crippen LogP contribution in [0.15, 0.2) is 84.4 Å². The van der Waals surface area contributed by atoms with Crippen molar-refractivity contribution >= 4 is 17.4 Å². The highest BCUT2D eigenvalue weighted by molar-refractivity contribution is 6.46. The largest absolute Gasteiger partial charge is 0.507 e. The van der Waals surface area contributed by atoms with Crippen LogP contribution in [0, 0.1) is 0 Å². The van der Waals surface area contributed by atoms with Crippen molar-refractivity contribution in [3.8, 4) is 11.5 Å². The van der Waals surface area contributed by atoms with Crippen LogP contribution in [0.4, 0.5) is 0 Å². The van der Waals surface area contributed by atoms with E-state index in [-0.39, 0.29) is 11.3 Å². The molecule has 4 rings (SSSR count). The summed E-state index contributed by atoms with van der Waals surface area (Å²) in [5, 5.41) is 11.3. The number of hydrogen-bond donors (Lipinski definition) is 1. The SMILES string of the molecule is CCCCOc1cccc(C2C(=C(O)c3ccc(OCC)cc3)C(=O)C(=O)N2CCc2ccccc2)c1. The van der Waals surface area contributed by atoms with Gasteiger partial charge in [0.1, 0.15) is 17.3 Å². The molecule has 1 heterocycles. The summed E-state index contributed by atoms with van der Waals surface area (Å²) in [6.07, 6.45) is 2.53. The van der Waals surface area contributed by atoms with Crippen LogP contribution in [0.3, 0.4) is 0 Å². The van der Waals surface area contributed by atoms with Gasteiger partial charge in [-0.3, -0.25) is 9.59 Å². The maximum atomic E-state index is 13.3. The zero-order chi connectivity index (χ0) is 26.2. The Morgan fingerprint density at radius 3 is 2.35 bits per heavy atom. The number of aliphatic hydroxyl groups excluding tert-OH is 1. The van der Waals surface area contributed by atoms with Gasteiger partial charge in [-0.25, -0.2) is 0 Å². The molecule has 1 aliphatic heterocycles. The van der Waals surface area contributed by atoms with Gasteiger partial charge in [0.15, 0.2) is 0 Å². The molecule has 0 radical (unpaired) electrons. The number of likely N-dealkylation sites (tertiary alicyclic amines) is 1. The van der Waals surface area contributed by atoms with E-state index in [1.165, 1.54) is 0 Å². The second kappa shape index (κ2) is 12.3. The highest BCUT2D eigenvalue weighted by Gasteiger charge is 2.46. The van der Waals surface area contributed by atoms with Crippen LogP contribution >= 0.6 is 0 Å². The standard InChI is InChI=1S/C31H33NO5/c1-3-5-20-37-26-13-9-12-24(21-26)28-27(29(33)23-14-16-25(17-15-23)36-4-2)30(34)31(35)32(28)19-18-22-10-7-6-8-11-22/h6-17,21,28,33H,3-5,18-20H2,1-2H3. The summed E-state index contributed by atoms with van der Waals surface area (Å²) in [5.74, 6) is -0.185. The Kier molecular flexibility index (Phi) is 8.62. The second-order valence-corrected chi connectivity index (χ2v) is 8.96. The number of ketones is 1. The van der Waals surface area contributed by atoms with E-state index in [0.717, 1.165) is 18.4 Å². The van der Waals surface area contributed by atoms with Crippen molar-refractivity contribution in [3.63, 3.8) is 0 Å². The summed E-state index contributed by atoms with van der Waals surface area (Å²) in [4.78, 5) is 28.2. The molecule has 0 saturated carbocycles. The number of benzene rings is 3. The number of Topliss-reactive ketones (excluding diaryl/α,β-unsaturated/α-hetero) is 1. The minimum absolute atomic E-state index is 0.0768. The van der Waals surface area contributed by atoms with Gasteiger partial charge >= 0.3 is 0 Å². The predicted molar refractivity (Wildman–Crippen MR) is 144 cm³/mol. The van der Waals surface area contributed by atoms with Crippen LogP contribution in [-0.4, -0.2) is 41.5 Å². The fourth-order valence-corrected chi connectivity index (χ4v) is 4.49. The summed E-state index contributed by atoms with van der Waals surface area (Å²) in [6.45, 7) is 5.43. The van der Waals surface area contributed by atoms with E-state index >= 15 is 0 Å². The van der Waals surface area contributed by atoms with Gasteiger partial charge in [0.2, 0.25) is 0 Å². The number of nitrogens with zero attached hydrogens (tertiary/aromatic N) is 1. The van der Waals surface area contributed by atoms with E-state index < -0.39 is 17.7 Å². The van der Waals surface area contributed by atoms with Crippen molar-refractivity contribution < 1.29 is 24.2 Å². The van der Waals surface area contributed by atoms with Crippen molar-refractivity contribution in [2.75, 3.05) is 19.8 Å². The molecule has 6 nitrogen and oxygen atoms in total. The lowest BCUT2D eigenvalue weighted by molar-refractivity contribution is -0.139. The first kappa shape index (κ1) is 26.0. The summed E-state index contributed by atoms with van der Waals surface area (Å²) in [6, 6.07) is 23.4. The molecule has 1 fully saturated rings. The first-order valence-corrected chi connectivity index (χ1v) is 12.8. The average molecular weight is 500 g/mol. The van der Waals surface area contributed by atoms with E-state index in [0.29, 0.717) is 48.8 Å². The van der Waals surface area contributed by atoms with Crippen LogP contribution in [0.1, 0.15) is 49.4 Å². The van der Waals surface area contributed by atoms with Crippen LogP contribution in [0.2, 0.25) is 0 Å². The smallest absolute Gasteiger partial charge is 0.295 e. The number of amides is 1. The third kappa shape index (κ3) is 6.02. The Morgan fingerprint density at radius 2 is 1.65 bits per heavy atom. The van der Waals surface area contributed by atoms with Gasteiger partial charge in [0, 0.05) is 12.1 Å². The third-order valence-corrected chi connectivity index (χ3v) is 6.40. The third-order valence-electron chi connectivity index (χ3n) is 6.40. The quantitative estimate of drug-likeness (QED) is 0.153. The summed E-state index contributed by atoms with van der Waals surface area (Å²) in [5.41, 5.74) is 2.30. The van der Waals surface area contributed by atoms with Crippen molar-refractivity contribution in [2.45, 2.75) is 39.2 Å². The first-order valence-electron chi connectivity index (χ1n) is 12.8. The van der Waals surface area contributed by atoms with Gasteiger partial charge in [-0.15, -0.1) is 0 Å². The van der Waals surface area contributed by atoms with Gasteiger partial charge in [-0.05, 0) is 67.3 Å². The molecule has 1 amide bonds. The summed E-state index contributed by atoms with van der Waals surface area (Å²) < 4.78 is 11.4. The average Bonchev–Trinajstić information content (AvgIpc) is 3.18. The molecule has 37 heavy (non-hydrogen) atoms. The highest BCUT2D eigenvalue weighted by atomic mass is 16.5. The fraction of sp³-hybridized carbons (Fsp3) is 0.290. The minimum atomic E-state index is -0.731. The number of hydrogen-bond acceptors (Lipinski definition) is 5. The number of ether oxygens (including phenoxy) is 2. The van der Waals surface area contributed by atoms with Crippen LogP contribution < -0.4 is 9.47 Å². The van der Waals surface area contributed by atoms with Gasteiger partial charge in [0.25, 0.3) is 11.7 Å². The number of rotatable bonds is 11. The minimum Gasteiger partial charge on any atom is -0.507 e. The second-order valence-electron chi connectivity index (χ2n) is 8.96. The molecular weight excluding hydrogens is 466 g/mol. The molecule has 0 spiro atoms. The van der Waals surface area contributed by atoms with Gasteiger partial charge in [-0.2, -0.15) is 0 Å². The molecule has 1 saturated heterocycles. The first-order chi connectivity index (χ1) is 18.0. The molecule has 3 aromatic rings. The van der Waals surface area contributed by atoms with E-state index in [4.69, 9.17) is 9.47 Å². The Labute approximate surface area is 218 Å². The van der Waals surface area contributed by atoms with E-state index in [1.54, 1.807) is 29.2 Å². The van der Waals surface area contributed by atoms with E-state index in [9.17, 15) is 14.7 Å². The lowest BCUT2D eigenvalue weighted by Crippen LogP contribution is -2.31. The number of unbranched alkanes of at least 4 members (excludes halogenated alkanes) is 1. The molecule has 0 aliphatic carbocycles. The van der Waals surface area contributed by atoms with E-state index in [2.05, 4.69) is 6.92 Å². The molecule has 0 aromatic heterocycles. The molecule has 6 heteroatoms. The van der Waals surface area contributed by atoms with Gasteiger partial charge < -0.3 is 19.5 Å². The van der Waals surface area contributed by atoms with Gasteiger partial charge in [0.05, 0.1) is 24.8 Å². The molecule has 3 aromatic carbocycles. The lowest BCUT2D eigenvalue weighted by Gasteiger charge is -2.26. The zero-order valence-corrected chi connectivity index (χ0v) is 21.4. The molecule has 0 bridgehead atoms. The zero-order valence-electron chi connectivity index (χ0n) is 21.4. The highest BCUT2D eigenvalue weighted by Crippen LogP contribution is 2.40. The predicted octanol–water partition coefficient (Wildman–Crippen LogP) is 5.93. The van der Waals surface area contributed by atoms with Gasteiger partial charge in [-0.1, -0.05) is 55.8 Å². The molecule has 1 unspecified atom stereocenters. The number of carbonyl (C=O) groups is 2. The maximum absolute atomic E-state index is 13.3. The lowest BCUT2D eigenvalue weighted by atomic mass is 9.95. The normalized spacial score (nSPS) is 16.7. The van der Waals surface area contributed by atoms with Crippen molar-refractivity contribution in [2.24, 2.45) is 0 Å². The Bertz CT molecular complexity index is 1250. The number of carbonyl (C=O) groups excluding carboxylic acids is 2. The fourth-order valence-electron chi connectivity index (χ4n) is 4.49.